The van der Waals surface area contributed by atoms with Gasteiger partial charge in [0.15, 0.2) is 0 Å². The molecule has 1 aromatic heterocycles. The molecule has 1 atom stereocenters. The van der Waals surface area contributed by atoms with Gasteiger partial charge in [0.05, 0.1) is 0 Å². The topological polar surface area (TPSA) is 65.5 Å². The minimum absolute atomic E-state index is 0.332. The number of nitrogens with zero attached hydrogens (tertiary/aromatic N) is 2. The van der Waals surface area contributed by atoms with Crippen LogP contribution in [0.2, 0.25) is 0 Å². The molecule has 0 bridgehead atoms. The summed E-state index contributed by atoms with van der Waals surface area (Å²) in [5.74, 6) is 0.373. The van der Waals surface area contributed by atoms with Crippen LogP contribution in [0.1, 0.15) is 25.8 Å². The van der Waals surface area contributed by atoms with Crippen molar-refractivity contribution >= 4 is 17.5 Å². The van der Waals surface area contributed by atoms with E-state index < -0.39 is 12.0 Å². The first-order valence-corrected chi connectivity index (χ1v) is 8.17. The van der Waals surface area contributed by atoms with Crippen LogP contribution in [-0.4, -0.2) is 29.1 Å². The SMILES string of the molecule is CC(C)C[C@H](NCc1ccc(N(C)c2ccccc2)nc1)C(=O)O. The van der Waals surface area contributed by atoms with Crippen molar-refractivity contribution in [2.45, 2.75) is 32.9 Å². The number of hydrogen-bond donors (Lipinski definition) is 2. The zero-order valence-corrected chi connectivity index (χ0v) is 14.4. The molecule has 0 radical (unpaired) electrons. The largest absolute Gasteiger partial charge is 0.480 e. The number of hydrogen-bond acceptors (Lipinski definition) is 4. The Labute approximate surface area is 143 Å². The monoisotopic (exact) mass is 327 g/mol. The van der Waals surface area contributed by atoms with Gasteiger partial charge in [0, 0.05) is 25.5 Å². The van der Waals surface area contributed by atoms with Crippen molar-refractivity contribution in [1.29, 1.82) is 0 Å². The van der Waals surface area contributed by atoms with Crippen LogP contribution in [0.3, 0.4) is 0 Å². The number of carbonyl (C=O) groups is 1. The van der Waals surface area contributed by atoms with Gasteiger partial charge in [-0.1, -0.05) is 38.1 Å². The smallest absolute Gasteiger partial charge is 0.320 e. The molecule has 2 aromatic rings. The molecule has 0 aliphatic carbocycles. The summed E-state index contributed by atoms with van der Waals surface area (Å²) in [6.45, 7) is 4.53. The molecule has 2 rings (SSSR count). The van der Waals surface area contributed by atoms with Crippen LogP contribution in [0.25, 0.3) is 0 Å². The van der Waals surface area contributed by atoms with Gasteiger partial charge in [-0.15, -0.1) is 0 Å². The Bertz CT molecular complexity index is 641. The summed E-state index contributed by atoms with van der Waals surface area (Å²) in [5, 5.41) is 12.4. The standard InChI is InChI=1S/C19H25N3O2/c1-14(2)11-17(19(23)24)20-12-15-9-10-18(21-13-15)22(3)16-7-5-4-6-8-16/h4-10,13-14,17,20H,11-12H2,1-3H3,(H,23,24)/t17-/m0/s1. The summed E-state index contributed by atoms with van der Waals surface area (Å²) in [6.07, 6.45) is 2.40. The third-order valence-corrected chi connectivity index (χ3v) is 3.85. The maximum Gasteiger partial charge on any atom is 0.320 e. The van der Waals surface area contributed by atoms with Crippen molar-refractivity contribution in [3.05, 3.63) is 54.2 Å². The Morgan fingerprint density at radius 1 is 1.21 bits per heavy atom. The lowest BCUT2D eigenvalue weighted by molar-refractivity contribution is -0.140. The second-order valence-electron chi connectivity index (χ2n) is 6.32. The fraction of sp³-hybridized carbons (Fsp3) is 0.368. The average Bonchev–Trinajstić information content (AvgIpc) is 2.58. The maximum absolute atomic E-state index is 11.3. The molecular weight excluding hydrogens is 302 g/mol. The Kier molecular flexibility index (Phi) is 6.32. The number of nitrogens with one attached hydrogen (secondary N) is 1. The van der Waals surface area contributed by atoms with Gasteiger partial charge in [0.1, 0.15) is 11.9 Å². The molecule has 24 heavy (non-hydrogen) atoms. The van der Waals surface area contributed by atoms with Gasteiger partial charge in [-0.05, 0) is 36.1 Å². The van der Waals surface area contributed by atoms with Crippen LogP contribution in [0.4, 0.5) is 11.5 Å². The summed E-state index contributed by atoms with van der Waals surface area (Å²) in [5.41, 5.74) is 2.04. The summed E-state index contributed by atoms with van der Waals surface area (Å²) in [4.78, 5) is 17.8. The minimum Gasteiger partial charge on any atom is -0.480 e. The van der Waals surface area contributed by atoms with Crippen LogP contribution in [0, 0.1) is 5.92 Å². The molecule has 1 aromatic carbocycles. The van der Waals surface area contributed by atoms with E-state index in [1.807, 2.05) is 68.3 Å². The summed E-state index contributed by atoms with van der Waals surface area (Å²) >= 11 is 0. The van der Waals surface area contributed by atoms with Crippen molar-refractivity contribution in [2.75, 3.05) is 11.9 Å². The predicted octanol–water partition coefficient (Wildman–Crippen LogP) is 3.44. The number of carboxylic acid groups (broad SMARTS) is 1. The maximum atomic E-state index is 11.3. The van der Waals surface area contributed by atoms with E-state index in [4.69, 9.17) is 0 Å². The normalized spacial score (nSPS) is 12.2. The van der Waals surface area contributed by atoms with Gasteiger partial charge < -0.3 is 15.3 Å². The summed E-state index contributed by atoms with van der Waals surface area (Å²) in [7, 11) is 1.97. The number of anilines is 2. The first-order chi connectivity index (χ1) is 11.5. The number of aromatic nitrogens is 1. The zero-order valence-electron chi connectivity index (χ0n) is 14.4. The lowest BCUT2D eigenvalue weighted by Gasteiger charge is -2.19. The molecule has 0 saturated carbocycles. The Balaban J connectivity index is 1.98. The summed E-state index contributed by atoms with van der Waals surface area (Å²) < 4.78 is 0. The van der Waals surface area contributed by atoms with Crippen LogP contribution in [0.15, 0.2) is 48.7 Å². The molecule has 2 N–H and O–H groups in total. The molecule has 128 valence electrons. The van der Waals surface area contributed by atoms with Crippen LogP contribution in [-0.2, 0) is 11.3 Å². The summed E-state index contributed by atoms with van der Waals surface area (Å²) in [6, 6.07) is 13.4. The number of benzene rings is 1. The van der Waals surface area contributed by atoms with Crippen molar-refractivity contribution in [3.63, 3.8) is 0 Å². The molecule has 0 saturated heterocycles. The van der Waals surface area contributed by atoms with Gasteiger partial charge >= 0.3 is 5.97 Å². The van der Waals surface area contributed by atoms with E-state index in [2.05, 4.69) is 10.3 Å². The number of rotatable bonds is 8. The van der Waals surface area contributed by atoms with Gasteiger partial charge in [-0.25, -0.2) is 4.98 Å². The molecule has 0 aliphatic rings. The fourth-order valence-electron chi connectivity index (χ4n) is 2.49. The molecule has 0 spiro atoms. The number of aliphatic carboxylic acids is 1. The van der Waals surface area contributed by atoms with Gasteiger partial charge in [-0.2, -0.15) is 0 Å². The van der Waals surface area contributed by atoms with Crippen LogP contribution in [0.5, 0.6) is 0 Å². The van der Waals surface area contributed by atoms with Gasteiger partial charge in [0.25, 0.3) is 0 Å². The second kappa shape index (κ2) is 8.45. The molecule has 1 heterocycles. The van der Waals surface area contributed by atoms with Crippen molar-refractivity contribution < 1.29 is 9.90 Å². The highest BCUT2D eigenvalue weighted by Gasteiger charge is 2.18. The van der Waals surface area contributed by atoms with E-state index in [9.17, 15) is 9.90 Å². The molecule has 0 amide bonds. The lowest BCUT2D eigenvalue weighted by atomic mass is 10.0. The van der Waals surface area contributed by atoms with Crippen LogP contribution < -0.4 is 10.2 Å². The average molecular weight is 327 g/mol. The first kappa shape index (κ1) is 17.9. The van der Waals surface area contributed by atoms with E-state index in [1.165, 1.54) is 0 Å². The molecule has 5 nitrogen and oxygen atoms in total. The Morgan fingerprint density at radius 3 is 2.46 bits per heavy atom. The Hall–Kier alpha value is -2.40. The van der Waals surface area contributed by atoms with E-state index in [0.29, 0.717) is 18.9 Å². The van der Waals surface area contributed by atoms with E-state index in [0.717, 1.165) is 17.1 Å². The first-order valence-electron chi connectivity index (χ1n) is 8.17. The van der Waals surface area contributed by atoms with E-state index in [-0.39, 0.29) is 0 Å². The highest BCUT2D eigenvalue weighted by molar-refractivity contribution is 5.73. The predicted molar refractivity (Wildman–Crippen MR) is 96.5 cm³/mol. The molecular formula is C19H25N3O2. The van der Waals surface area contributed by atoms with E-state index >= 15 is 0 Å². The van der Waals surface area contributed by atoms with Gasteiger partial charge in [-0.3, -0.25) is 4.79 Å². The highest BCUT2D eigenvalue weighted by Crippen LogP contribution is 2.20. The quantitative estimate of drug-likeness (QED) is 0.777. The van der Waals surface area contributed by atoms with Gasteiger partial charge in [0.2, 0.25) is 0 Å². The Morgan fingerprint density at radius 2 is 1.92 bits per heavy atom. The van der Waals surface area contributed by atoms with Crippen LogP contribution >= 0.6 is 0 Å². The zero-order chi connectivity index (χ0) is 17.5. The highest BCUT2D eigenvalue weighted by atomic mass is 16.4. The molecule has 5 heteroatoms. The molecule has 0 aliphatic heterocycles. The molecule has 0 fully saturated rings. The number of pyridine rings is 1. The fourth-order valence-corrected chi connectivity index (χ4v) is 2.49. The van der Waals surface area contributed by atoms with Crippen molar-refractivity contribution in [3.8, 4) is 0 Å². The minimum atomic E-state index is -0.808. The van der Waals surface area contributed by atoms with Crippen molar-refractivity contribution in [2.24, 2.45) is 5.92 Å². The lowest BCUT2D eigenvalue weighted by Crippen LogP contribution is -2.37. The second-order valence-corrected chi connectivity index (χ2v) is 6.32. The van der Waals surface area contributed by atoms with E-state index in [1.54, 1.807) is 6.20 Å². The third-order valence-electron chi connectivity index (χ3n) is 3.85. The van der Waals surface area contributed by atoms with Crippen molar-refractivity contribution in [1.82, 2.24) is 10.3 Å². The third kappa shape index (κ3) is 5.06. The number of carboxylic acids is 1. The number of para-hydroxylation sites is 1. The molecule has 0 unspecified atom stereocenters.